The van der Waals surface area contributed by atoms with Crippen LogP contribution in [0.15, 0.2) is 30.3 Å². The molecule has 0 heterocycles. The number of esters is 1. The van der Waals surface area contributed by atoms with Gasteiger partial charge in [0, 0.05) is 5.56 Å². The minimum atomic E-state index is -0.0744. The number of quaternary nitrogens is 1. The Kier molecular flexibility index (Phi) is 8.54. The highest BCUT2D eigenvalue weighted by molar-refractivity contribution is 5.72. The molecule has 0 aliphatic carbocycles. The van der Waals surface area contributed by atoms with E-state index in [-0.39, 0.29) is 24.7 Å². The second kappa shape index (κ2) is 9.07. The number of nitrogens with zero attached hydrogens (tertiary/aromatic N) is 1. The molecule has 1 aromatic rings. The molecular formula is C20H35NO2. The van der Waals surface area contributed by atoms with E-state index in [4.69, 9.17) is 4.74 Å². The van der Waals surface area contributed by atoms with E-state index in [1.807, 2.05) is 13.0 Å². The van der Waals surface area contributed by atoms with Gasteiger partial charge in [0.1, 0.15) is 19.7 Å². The van der Waals surface area contributed by atoms with Crippen LogP contribution in [-0.2, 0) is 16.1 Å². The van der Waals surface area contributed by atoms with Crippen LogP contribution in [-0.4, -0.2) is 37.7 Å². The zero-order chi connectivity index (χ0) is 16.8. The maximum Gasteiger partial charge on any atom is 0.308 e. The fourth-order valence-corrected chi connectivity index (χ4v) is 2.69. The number of carbonyl (C=O) groups excluding carboxylic acids is 1. The minimum Gasteiger partial charge on any atom is -0.459 e. The second-order valence-corrected chi connectivity index (χ2v) is 8.14. The topological polar surface area (TPSA) is 26.3 Å². The first-order chi connectivity index (χ1) is 10.1. The van der Waals surface area contributed by atoms with E-state index in [9.17, 15) is 4.79 Å². The van der Waals surface area contributed by atoms with Gasteiger partial charge in [-0.15, -0.1) is 0 Å². The molecular weight excluding hydrogens is 286 g/mol. The Labute approximate surface area is 143 Å². The number of likely N-dealkylation sites (N-methyl/N-ethyl adjacent to an activating group) is 1. The lowest BCUT2D eigenvalue weighted by molar-refractivity contribution is -0.903. The van der Waals surface area contributed by atoms with E-state index in [2.05, 4.69) is 59.1 Å². The lowest BCUT2D eigenvalue weighted by Gasteiger charge is -2.30. The van der Waals surface area contributed by atoms with Crippen molar-refractivity contribution in [3.05, 3.63) is 43.3 Å². The Hall–Kier alpha value is -1.35. The third-order valence-electron chi connectivity index (χ3n) is 3.72. The van der Waals surface area contributed by atoms with Gasteiger partial charge in [-0.1, -0.05) is 58.0 Å². The Balaban J connectivity index is 0.00000484. The summed E-state index contributed by atoms with van der Waals surface area (Å²) >= 11 is 0. The molecule has 132 valence electrons. The van der Waals surface area contributed by atoms with Crippen molar-refractivity contribution >= 4 is 5.97 Å². The van der Waals surface area contributed by atoms with Gasteiger partial charge in [0.15, 0.2) is 0 Å². The molecule has 0 radical (unpaired) electrons. The van der Waals surface area contributed by atoms with Crippen LogP contribution in [0.5, 0.6) is 0 Å². The maximum atomic E-state index is 12.0. The molecule has 0 N–H and O–H groups in total. The Morgan fingerprint density at radius 1 is 1.17 bits per heavy atom. The molecule has 0 amide bonds. The lowest BCUT2D eigenvalue weighted by atomic mass is 9.85. The number of hydrogen-bond acceptors (Lipinski definition) is 2. The summed E-state index contributed by atoms with van der Waals surface area (Å²) in [7, 11) is 4.33. The quantitative estimate of drug-likeness (QED) is 0.424. The zero-order valence-electron chi connectivity index (χ0n) is 16.1. The summed E-state index contributed by atoms with van der Waals surface area (Å²) in [5.74, 6) is -0.112. The van der Waals surface area contributed by atoms with Crippen LogP contribution >= 0.6 is 0 Å². The third kappa shape index (κ3) is 9.39. The van der Waals surface area contributed by atoms with E-state index in [0.29, 0.717) is 6.61 Å². The molecule has 3 nitrogen and oxygen atoms in total. The fraction of sp³-hybridized carbons (Fsp3) is 0.600. The van der Waals surface area contributed by atoms with Crippen LogP contribution in [0.2, 0.25) is 0 Å². The Morgan fingerprint density at radius 3 is 2.26 bits per heavy atom. The first-order valence-corrected chi connectivity index (χ1v) is 8.12. The summed E-state index contributed by atoms with van der Waals surface area (Å²) in [6.45, 7) is 10.6. The van der Waals surface area contributed by atoms with Gasteiger partial charge in [0.2, 0.25) is 0 Å². The standard InChI is InChI=1S/C19H32NO2.CH3/c1-16(14-19(2,3)4)18(21)22-13-12-20(5,6)15-17-10-8-7-9-11-17;/h7-11,16H,12-15H2,1-6H3;1H3/q+1;-1. The van der Waals surface area contributed by atoms with Gasteiger partial charge in [-0.2, -0.15) is 0 Å². The molecule has 0 bridgehead atoms. The van der Waals surface area contributed by atoms with Gasteiger partial charge >= 0.3 is 5.97 Å². The van der Waals surface area contributed by atoms with Crippen LogP contribution in [0.1, 0.15) is 39.7 Å². The molecule has 0 aliphatic heterocycles. The molecule has 0 aromatic heterocycles. The molecule has 0 fully saturated rings. The monoisotopic (exact) mass is 321 g/mol. The van der Waals surface area contributed by atoms with E-state index in [0.717, 1.165) is 24.0 Å². The number of rotatable bonds is 7. The number of carbonyl (C=O) groups is 1. The molecule has 1 aromatic carbocycles. The molecule has 0 saturated carbocycles. The molecule has 0 saturated heterocycles. The average Bonchev–Trinajstić information content (AvgIpc) is 2.36. The van der Waals surface area contributed by atoms with E-state index < -0.39 is 0 Å². The summed E-state index contributed by atoms with van der Waals surface area (Å²) in [4.78, 5) is 12.0. The Morgan fingerprint density at radius 2 is 1.74 bits per heavy atom. The lowest BCUT2D eigenvalue weighted by Crippen LogP contribution is -2.42. The van der Waals surface area contributed by atoms with Crippen LogP contribution in [0.4, 0.5) is 0 Å². The van der Waals surface area contributed by atoms with Gasteiger partial charge in [-0.25, -0.2) is 0 Å². The highest BCUT2D eigenvalue weighted by Gasteiger charge is 2.23. The smallest absolute Gasteiger partial charge is 0.308 e. The predicted molar refractivity (Wildman–Crippen MR) is 97.7 cm³/mol. The van der Waals surface area contributed by atoms with Crippen LogP contribution in [0, 0.1) is 18.8 Å². The summed E-state index contributed by atoms with van der Waals surface area (Å²) < 4.78 is 6.28. The highest BCUT2D eigenvalue weighted by atomic mass is 16.5. The number of hydrogen-bond donors (Lipinski definition) is 0. The van der Waals surface area contributed by atoms with Crippen LogP contribution in [0.25, 0.3) is 0 Å². The van der Waals surface area contributed by atoms with Crippen molar-refractivity contribution < 1.29 is 14.0 Å². The summed E-state index contributed by atoms with van der Waals surface area (Å²) in [6, 6.07) is 10.4. The molecule has 23 heavy (non-hydrogen) atoms. The van der Waals surface area contributed by atoms with Crippen molar-refractivity contribution in [2.75, 3.05) is 27.2 Å². The molecule has 0 spiro atoms. The molecule has 1 atom stereocenters. The van der Waals surface area contributed by atoms with E-state index in [1.54, 1.807) is 0 Å². The van der Waals surface area contributed by atoms with E-state index >= 15 is 0 Å². The van der Waals surface area contributed by atoms with Gasteiger partial charge in [-0.3, -0.25) is 4.79 Å². The van der Waals surface area contributed by atoms with Crippen molar-refractivity contribution in [3.63, 3.8) is 0 Å². The van der Waals surface area contributed by atoms with Gasteiger partial charge in [0.25, 0.3) is 0 Å². The fourth-order valence-electron chi connectivity index (χ4n) is 2.69. The SMILES string of the molecule is CC(CC(C)(C)C)C(=O)OCC[N+](C)(C)Cc1ccccc1.[CH3-]. The van der Waals surface area contributed by atoms with Gasteiger partial charge in [0.05, 0.1) is 20.0 Å². The summed E-state index contributed by atoms with van der Waals surface area (Å²) in [5, 5.41) is 0. The summed E-state index contributed by atoms with van der Waals surface area (Å²) in [5.41, 5.74) is 1.46. The third-order valence-corrected chi connectivity index (χ3v) is 3.72. The first-order valence-electron chi connectivity index (χ1n) is 8.12. The Bertz CT molecular complexity index is 460. The van der Waals surface area contributed by atoms with Crippen molar-refractivity contribution in [3.8, 4) is 0 Å². The average molecular weight is 322 g/mol. The molecule has 1 rings (SSSR count). The molecule has 3 heteroatoms. The van der Waals surface area contributed by atoms with Gasteiger partial charge in [-0.05, 0) is 11.8 Å². The van der Waals surface area contributed by atoms with Gasteiger partial charge < -0.3 is 16.6 Å². The first kappa shape index (κ1) is 21.6. The minimum absolute atomic E-state index is 0. The van der Waals surface area contributed by atoms with Crippen molar-refractivity contribution in [1.82, 2.24) is 0 Å². The summed E-state index contributed by atoms with van der Waals surface area (Å²) in [6.07, 6.45) is 0.855. The van der Waals surface area contributed by atoms with Crippen molar-refractivity contribution in [2.45, 2.75) is 40.7 Å². The second-order valence-electron chi connectivity index (χ2n) is 8.14. The maximum absolute atomic E-state index is 12.0. The van der Waals surface area contributed by atoms with E-state index in [1.165, 1.54) is 5.56 Å². The molecule has 0 aliphatic rings. The highest BCUT2D eigenvalue weighted by Crippen LogP contribution is 2.24. The van der Waals surface area contributed by atoms with Crippen molar-refractivity contribution in [2.24, 2.45) is 11.3 Å². The van der Waals surface area contributed by atoms with Crippen LogP contribution in [0.3, 0.4) is 0 Å². The van der Waals surface area contributed by atoms with Crippen molar-refractivity contribution in [1.29, 1.82) is 0 Å². The molecule has 1 unspecified atom stereocenters. The number of ether oxygens (including phenoxy) is 1. The zero-order valence-corrected chi connectivity index (χ0v) is 16.1. The number of benzene rings is 1. The predicted octanol–water partition coefficient (Wildman–Crippen LogP) is 4.33. The largest absolute Gasteiger partial charge is 0.459 e. The van der Waals surface area contributed by atoms with Crippen LogP contribution < -0.4 is 0 Å². The normalized spacial score (nSPS) is 13.1.